The van der Waals surface area contributed by atoms with Crippen molar-refractivity contribution < 1.29 is 47.6 Å². The highest BCUT2D eigenvalue weighted by atomic mass is 16.6. The lowest BCUT2D eigenvalue weighted by atomic mass is 9.51. The summed E-state index contributed by atoms with van der Waals surface area (Å²) in [4.78, 5) is 49.1. The molecule has 36 heavy (non-hydrogen) atoms. The summed E-state index contributed by atoms with van der Waals surface area (Å²) in [5, 5.41) is 0. The van der Waals surface area contributed by atoms with E-state index in [4.69, 9.17) is 28.4 Å². The van der Waals surface area contributed by atoms with Crippen LogP contribution in [0.5, 0.6) is 23.0 Å². The van der Waals surface area contributed by atoms with Crippen molar-refractivity contribution in [2.45, 2.75) is 25.7 Å². The minimum absolute atomic E-state index is 0.247. The highest BCUT2D eigenvalue weighted by molar-refractivity contribution is 5.91. The molecule has 2 aromatic rings. The van der Waals surface area contributed by atoms with Crippen molar-refractivity contribution in [3.8, 4) is 23.0 Å². The number of rotatable bonds is 8. The van der Waals surface area contributed by atoms with Crippen LogP contribution in [0, 0.1) is 11.8 Å². The summed E-state index contributed by atoms with van der Waals surface area (Å²) in [5.41, 5.74) is 1.42. The van der Waals surface area contributed by atoms with E-state index in [-0.39, 0.29) is 26.4 Å². The zero-order valence-electron chi connectivity index (χ0n) is 19.7. The molecule has 0 atom stereocenters. The predicted octanol–water partition coefficient (Wildman–Crippen LogP) is 2.52. The van der Waals surface area contributed by atoms with E-state index in [9.17, 15) is 19.2 Å². The van der Waals surface area contributed by atoms with E-state index < -0.39 is 47.5 Å². The first-order valence-electron chi connectivity index (χ1n) is 11.7. The SMILES string of the molecule is CCOC(=O)COc1ccc2c(c1)OC(=O)C1C2C2C(=O)Oc3cc(OCC(=O)OCC)ccc3C12. The van der Waals surface area contributed by atoms with Crippen LogP contribution >= 0.6 is 0 Å². The lowest BCUT2D eigenvalue weighted by molar-refractivity contribution is -0.161. The van der Waals surface area contributed by atoms with Crippen molar-refractivity contribution in [3.63, 3.8) is 0 Å². The zero-order valence-corrected chi connectivity index (χ0v) is 19.7. The molecule has 0 aromatic heterocycles. The van der Waals surface area contributed by atoms with Gasteiger partial charge in [-0.3, -0.25) is 9.59 Å². The fraction of sp³-hybridized carbons (Fsp3) is 0.385. The van der Waals surface area contributed by atoms with Crippen LogP contribution in [0.3, 0.4) is 0 Å². The van der Waals surface area contributed by atoms with Crippen molar-refractivity contribution in [2.75, 3.05) is 26.4 Å². The quantitative estimate of drug-likeness (QED) is 0.398. The Hall–Kier alpha value is -4.08. The Morgan fingerprint density at radius 3 is 1.50 bits per heavy atom. The predicted molar refractivity (Wildman–Crippen MR) is 121 cm³/mol. The standard InChI is InChI=1S/C26H24O10/c1-3-31-19(27)11-33-13-5-7-15-17(9-13)35-25(29)23-21(15)24-22(23)16-8-6-14(10-18(16)36-26(24)30)34-12-20(28)32-4-2/h5-10,21-24H,3-4,11-12H2,1-2H3. The van der Waals surface area contributed by atoms with Gasteiger partial charge in [-0.05, 0) is 26.0 Å². The van der Waals surface area contributed by atoms with Gasteiger partial charge in [0.15, 0.2) is 13.2 Å². The van der Waals surface area contributed by atoms with E-state index >= 15 is 0 Å². The van der Waals surface area contributed by atoms with Gasteiger partial charge in [0.05, 0.1) is 25.0 Å². The Morgan fingerprint density at radius 1 is 0.694 bits per heavy atom. The molecule has 0 radical (unpaired) electrons. The van der Waals surface area contributed by atoms with Crippen LogP contribution in [-0.2, 0) is 28.7 Å². The number of carbonyl (C=O) groups excluding carboxylic acids is 4. The van der Waals surface area contributed by atoms with Gasteiger partial charge in [-0.2, -0.15) is 0 Å². The largest absolute Gasteiger partial charge is 0.482 e. The summed E-state index contributed by atoms with van der Waals surface area (Å²) >= 11 is 0. The van der Waals surface area contributed by atoms with Crippen LogP contribution in [0.4, 0.5) is 0 Å². The van der Waals surface area contributed by atoms with Crippen LogP contribution in [0.1, 0.15) is 36.8 Å². The lowest BCUT2D eigenvalue weighted by Crippen LogP contribution is -2.56. The molecule has 10 heteroatoms. The Balaban J connectivity index is 1.35. The van der Waals surface area contributed by atoms with Crippen LogP contribution in [0.2, 0.25) is 0 Å². The molecule has 3 aliphatic rings. The zero-order chi connectivity index (χ0) is 25.4. The summed E-state index contributed by atoms with van der Waals surface area (Å²) < 4.78 is 31.8. The lowest BCUT2D eigenvalue weighted by Gasteiger charge is -2.53. The minimum atomic E-state index is -0.549. The monoisotopic (exact) mass is 496 g/mol. The molecule has 2 heterocycles. The number of fused-ring (bicyclic) bond motifs is 8. The Morgan fingerprint density at radius 2 is 1.11 bits per heavy atom. The van der Waals surface area contributed by atoms with Gasteiger partial charge in [0.2, 0.25) is 0 Å². The van der Waals surface area contributed by atoms with Gasteiger partial charge in [-0.1, -0.05) is 12.1 Å². The molecule has 0 spiro atoms. The van der Waals surface area contributed by atoms with E-state index in [1.807, 2.05) is 0 Å². The molecule has 0 amide bonds. The Bertz CT molecular complexity index is 1130. The van der Waals surface area contributed by atoms with Crippen LogP contribution in [-0.4, -0.2) is 50.3 Å². The van der Waals surface area contributed by atoms with Crippen molar-refractivity contribution in [1.82, 2.24) is 0 Å². The second-order valence-electron chi connectivity index (χ2n) is 8.53. The fourth-order valence-corrected chi connectivity index (χ4v) is 5.09. The summed E-state index contributed by atoms with van der Waals surface area (Å²) in [6.07, 6.45) is 0. The Labute approximate surface area is 206 Å². The van der Waals surface area contributed by atoms with Crippen LogP contribution in [0.25, 0.3) is 0 Å². The highest BCUT2D eigenvalue weighted by Crippen LogP contribution is 2.64. The van der Waals surface area contributed by atoms with Gasteiger partial charge < -0.3 is 28.4 Å². The number of benzene rings is 2. The van der Waals surface area contributed by atoms with Gasteiger partial charge >= 0.3 is 23.9 Å². The molecule has 0 saturated heterocycles. The molecule has 2 aromatic carbocycles. The number of hydrogen-bond acceptors (Lipinski definition) is 10. The maximum Gasteiger partial charge on any atom is 0.344 e. The summed E-state index contributed by atoms with van der Waals surface area (Å²) in [6.45, 7) is 3.35. The smallest absolute Gasteiger partial charge is 0.344 e. The first kappa shape index (κ1) is 23.7. The van der Waals surface area contributed by atoms with E-state index in [0.29, 0.717) is 34.1 Å². The second kappa shape index (κ2) is 9.52. The topological polar surface area (TPSA) is 124 Å². The Kier molecular flexibility index (Phi) is 6.26. The van der Waals surface area contributed by atoms with Crippen LogP contribution < -0.4 is 18.9 Å². The van der Waals surface area contributed by atoms with E-state index in [2.05, 4.69) is 0 Å². The first-order valence-corrected chi connectivity index (χ1v) is 11.7. The van der Waals surface area contributed by atoms with Gasteiger partial charge in [0.25, 0.3) is 0 Å². The summed E-state index contributed by atoms with van der Waals surface area (Å²) in [5.74, 6) is -2.52. The molecule has 0 unspecified atom stereocenters. The van der Waals surface area contributed by atoms with Gasteiger partial charge in [0, 0.05) is 35.1 Å². The molecular formula is C26H24O10. The number of esters is 4. The fourth-order valence-electron chi connectivity index (χ4n) is 5.09. The molecule has 0 bridgehead atoms. The number of ether oxygens (including phenoxy) is 6. The van der Waals surface area contributed by atoms with Crippen molar-refractivity contribution in [1.29, 1.82) is 0 Å². The van der Waals surface area contributed by atoms with Crippen molar-refractivity contribution in [3.05, 3.63) is 47.5 Å². The van der Waals surface area contributed by atoms with E-state index in [0.717, 1.165) is 0 Å². The average Bonchev–Trinajstić information content (AvgIpc) is 2.82. The maximum absolute atomic E-state index is 13.0. The number of hydrogen-bond donors (Lipinski definition) is 0. The molecule has 1 saturated carbocycles. The average molecular weight is 496 g/mol. The first-order chi connectivity index (χ1) is 17.4. The van der Waals surface area contributed by atoms with E-state index in [1.54, 1.807) is 38.1 Å². The van der Waals surface area contributed by atoms with Crippen LogP contribution in [0.15, 0.2) is 36.4 Å². The third-order valence-corrected chi connectivity index (χ3v) is 6.53. The maximum atomic E-state index is 13.0. The number of carbonyl (C=O) groups is 4. The normalized spacial score (nSPS) is 22.8. The van der Waals surface area contributed by atoms with E-state index in [1.165, 1.54) is 12.1 Å². The van der Waals surface area contributed by atoms with Gasteiger partial charge in [-0.25, -0.2) is 9.59 Å². The minimum Gasteiger partial charge on any atom is -0.482 e. The highest BCUT2D eigenvalue weighted by Gasteiger charge is 2.64. The van der Waals surface area contributed by atoms with Crippen molar-refractivity contribution in [2.24, 2.45) is 11.8 Å². The third kappa shape index (κ3) is 4.12. The molecule has 2 aliphatic heterocycles. The summed E-state index contributed by atoms with van der Waals surface area (Å²) in [6, 6.07) is 9.88. The molecule has 188 valence electrons. The second-order valence-corrected chi connectivity index (χ2v) is 8.53. The van der Waals surface area contributed by atoms with Gasteiger partial charge in [0.1, 0.15) is 23.0 Å². The molecule has 1 fully saturated rings. The molecular weight excluding hydrogens is 472 g/mol. The molecule has 10 nitrogen and oxygen atoms in total. The summed E-state index contributed by atoms with van der Waals surface area (Å²) in [7, 11) is 0. The molecule has 0 N–H and O–H groups in total. The molecule has 5 rings (SSSR count). The van der Waals surface area contributed by atoms with Gasteiger partial charge in [-0.15, -0.1) is 0 Å². The van der Waals surface area contributed by atoms with Crippen molar-refractivity contribution >= 4 is 23.9 Å². The third-order valence-electron chi connectivity index (χ3n) is 6.53. The molecule has 1 aliphatic carbocycles.